The Morgan fingerprint density at radius 3 is 2.64 bits per heavy atom. The molecule has 0 fully saturated rings. The summed E-state index contributed by atoms with van der Waals surface area (Å²) >= 11 is 0. The Labute approximate surface area is 85.8 Å². The van der Waals surface area contributed by atoms with Crippen LogP contribution in [-0.4, -0.2) is 14.7 Å². The van der Waals surface area contributed by atoms with Gasteiger partial charge in [0.25, 0.3) is 0 Å². The van der Waals surface area contributed by atoms with Crippen LogP contribution < -0.4 is 0 Å². The second-order valence-electron chi connectivity index (χ2n) is 4.57. The molecule has 1 rings (SSSR count). The zero-order valence-electron chi connectivity index (χ0n) is 9.49. The Kier molecular flexibility index (Phi) is 3.32. The molecule has 0 aliphatic carbocycles. The van der Waals surface area contributed by atoms with Gasteiger partial charge in [-0.25, -0.2) is 4.98 Å². The van der Waals surface area contributed by atoms with Crippen LogP contribution in [-0.2, 0) is 12.6 Å². The van der Waals surface area contributed by atoms with Crippen LogP contribution in [0.2, 0.25) is 0 Å². The summed E-state index contributed by atoms with van der Waals surface area (Å²) in [5.41, 5.74) is -0.803. The van der Waals surface area contributed by atoms with E-state index in [0.29, 0.717) is 5.92 Å². The summed E-state index contributed by atoms with van der Waals surface area (Å²) in [4.78, 5) is 4.18. The van der Waals surface area contributed by atoms with Gasteiger partial charge in [0.2, 0.25) is 0 Å². The Balaban J connectivity index is 2.70. The first kappa shape index (κ1) is 11.2. The van der Waals surface area contributed by atoms with Crippen LogP contribution in [0.3, 0.4) is 0 Å². The molecule has 1 N–H and O–H groups in total. The molecule has 0 aliphatic rings. The molecule has 0 radical (unpaired) electrons. The highest BCUT2D eigenvalue weighted by Gasteiger charge is 2.26. The van der Waals surface area contributed by atoms with Crippen molar-refractivity contribution < 1.29 is 5.11 Å². The van der Waals surface area contributed by atoms with Gasteiger partial charge in [0.1, 0.15) is 11.4 Å². The smallest absolute Gasteiger partial charge is 0.140 e. The molecule has 3 nitrogen and oxygen atoms in total. The first-order chi connectivity index (χ1) is 6.43. The van der Waals surface area contributed by atoms with Gasteiger partial charge in [-0.3, -0.25) is 0 Å². The highest BCUT2D eigenvalue weighted by Crippen LogP contribution is 2.25. The molecule has 1 aromatic heterocycles. The highest BCUT2D eigenvalue weighted by molar-refractivity contribution is 5.02. The minimum atomic E-state index is -0.803. The van der Waals surface area contributed by atoms with Crippen LogP contribution in [0.4, 0.5) is 0 Å². The molecule has 0 aromatic carbocycles. The van der Waals surface area contributed by atoms with Gasteiger partial charge < -0.3 is 9.67 Å². The number of aromatic nitrogens is 2. The topological polar surface area (TPSA) is 38.1 Å². The third-order valence-corrected chi connectivity index (χ3v) is 2.51. The van der Waals surface area contributed by atoms with E-state index in [1.165, 1.54) is 0 Å². The van der Waals surface area contributed by atoms with Gasteiger partial charge in [-0.05, 0) is 25.7 Å². The maximum absolute atomic E-state index is 10.2. The van der Waals surface area contributed by atoms with E-state index < -0.39 is 5.60 Å². The molecule has 0 amide bonds. The van der Waals surface area contributed by atoms with Crippen LogP contribution in [0.15, 0.2) is 12.4 Å². The van der Waals surface area contributed by atoms with Gasteiger partial charge in [-0.15, -0.1) is 0 Å². The lowest BCUT2D eigenvalue weighted by molar-refractivity contribution is 0.0304. The monoisotopic (exact) mass is 196 g/mol. The predicted octanol–water partition coefficient (Wildman–Crippen LogP) is 2.06. The van der Waals surface area contributed by atoms with Crippen LogP contribution in [0, 0.1) is 5.92 Å². The number of aliphatic hydroxyl groups is 1. The first-order valence-electron chi connectivity index (χ1n) is 5.13. The Bertz CT molecular complexity index is 289. The van der Waals surface area contributed by atoms with Gasteiger partial charge in [-0.1, -0.05) is 13.8 Å². The van der Waals surface area contributed by atoms with Crippen LogP contribution >= 0.6 is 0 Å². The molecule has 1 unspecified atom stereocenters. The van der Waals surface area contributed by atoms with Crippen LogP contribution in [0.5, 0.6) is 0 Å². The molecule has 1 heterocycles. The largest absolute Gasteiger partial charge is 0.382 e. The van der Waals surface area contributed by atoms with E-state index in [1.54, 1.807) is 6.20 Å². The Morgan fingerprint density at radius 2 is 2.21 bits per heavy atom. The van der Waals surface area contributed by atoms with Gasteiger partial charge in [0.15, 0.2) is 0 Å². The molecular weight excluding hydrogens is 176 g/mol. The number of imidazole rings is 1. The van der Waals surface area contributed by atoms with Crippen molar-refractivity contribution in [3.05, 3.63) is 18.2 Å². The van der Waals surface area contributed by atoms with Gasteiger partial charge in [-0.2, -0.15) is 0 Å². The first-order valence-corrected chi connectivity index (χ1v) is 5.13. The summed E-state index contributed by atoms with van der Waals surface area (Å²) in [6.45, 7) is 6.15. The average molecular weight is 196 g/mol. The van der Waals surface area contributed by atoms with Crippen molar-refractivity contribution >= 4 is 0 Å². The molecular formula is C11H20N2O. The number of aryl methyl sites for hydroxylation is 1. The predicted molar refractivity (Wildman–Crippen MR) is 56.9 cm³/mol. The maximum Gasteiger partial charge on any atom is 0.140 e. The normalized spacial score (nSPS) is 15.9. The molecule has 14 heavy (non-hydrogen) atoms. The van der Waals surface area contributed by atoms with Crippen molar-refractivity contribution in [3.63, 3.8) is 0 Å². The van der Waals surface area contributed by atoms with E-state index in [1.807, 2.05) is 24.7 Å². The third kappa shape index (κ3) is 2.58. The zero-order chi connectivity index (χ0) is 10.8. The van der Waals surface area contributed by atoms with E-state index in [2.05, 4.69) is 18.8 Å². The molecule has 3 heteroatoms. The summed E-state index contributed by atoms with van der Waals surface area (Å²) in [5.74, 6) is 1.36. The van der Waals surface area contributed by atoms with Crippen molar-refractivity contribution in [3.8, 4) is 0 Å². The molecule has 1 atom stereocenters. The Morgan fingerprint density at radius 1 is 1.57 bits per heavy atom. The number of rotatable bonds is 4. The third-order valence-electron chi connectivity index (χ3n) is 2.51. The molecule has 0 bridgehead atoms. The molecule has 0 aliphatic heterocycles. The number of hydrogen-bond acceptors (Lipinski definition) is 2. The molecule has 0 saturated heterocycles. The summed E-state index contributed by atoms with van der Waals surface area (Å²) < 4.78 is 1.88. The van der Waals surface area contributed by atoms with Crippen molar-refractivity contribution in [2.45, 2.75) is 39.2 Å². The average Bonchev–Trinajstić information content (AvgIpc) is 2.48. The lowest BCUT2D eigenvalue weighted by atomic mass is 9.94. The molecule has 0 spiro atoms. The lowest BCUT2D eigenvalue weighted by Gasteiger charge is -2.23. The van der Waals surface area contributed by atoms with Crippen LogP contribution in [0.25, 0.3) is 0 Å². The van der Waals surface area contributed by atoms with E-state index in [4.69, 9.17) is 0 Å². The van der Waals surface area contributed by atoms with Crippen molar-refractivity contribution in [2.75, 3.05) is 0 Å². The quantitative estimate of drug-likeness (QED) is 0.800. The highest BCUT2D eigenvalue weighted by atomic mass is 16.3. The minimum absolute atomic E-state index is 0.613. The fourth-order valence-electron chi connectivity index (χ4n) is 1.57. The van der Waals surface area contributed by atoms with Gasteiger partial charge in [0, 0.05) is 19.4 Å². The van der Waals surface area contributed by atoms with E-state index in [9.17, 15) is 5.11 Å². The number of hydrogen-bond donors (Lipinski definition) is 1. The Hall–Kier alpha value is -0.830. The standard InChI is InChI=1S/C11H20N2O/c1-9(2)5-6-11(3,14)10-12-7-8-13(10)4/h7-9,14H,5-6H2,1-4H3. The molecule has 0 saturated carbocycles. The van der Waals surface area contributed by atoms with Crippen molar-refractivity contribution in [1.29, 1.82) is 0 Å². The molecule has 80 valence electrons. The zero-order valence-corrected chi connectivity index (χ0v) is 9.49. The van der Waals surface area contributed by atoms with E-state index in [-0.39, 0.29) is 0 Å². The van der Waals surface area contributed by atoms with Gasteiger partial charge in [0.05, 0.1) is 0 Å². The van der Waals surface area contributed by atoms with Crippen LogP contribution in [0.1, 0.15) is 39.4 Å². The summed E-state index contributed by atoms with van der Waals surface area (Å²) in [6, 6.07) is 0. The maximum atomic E-state index is 10.2. The second kappa shape index (κ2) is 4.13. The fourth-order valence-corrected chi connectivity index (χ4v) is 1.57. The van der Waals surface area contributed by atoms with Crippen molar-refractivity contribution in [2.24, 2.45) is 13.0 Å². The van der Waals surface area contributed by atoms with E-state index >= 15 is 0 Å². The molecule has 1 aromatic rings. The fraction of sp³-hybridized carbons (Fsp3) is 0.727. The SMILES string of the molecule is CC(C)CCC(C)(O)c1nccn1C. The van der Waals surface area contributed by atoms with Crippen molar-refractivity contribution in [1.82, 2.24) is 9.55 Å². The summed E-state index contributed by atoms with van der Waals surface area (Å²) in [7, 11) is 1.91. The minimum Gasteiger partial charge on any atom is -0.382 e. The lowest BCUT2D eigenvalue weighted by Crippen LogP contribution is -2.25. The van der Waals surface area contributed by atoms with Gasteiger partial charge >= 0.3 is 0 Å². The summed E-state index contributed by atoms with van der Waals surface area (Å²) in [6.07, 6.45) is 5.35. The summed E-state index contributed by atoms with van der Waals surface area (Å²) in [5, 5.41) is 10.2. The van der Waals surface area contributed by atoms with E-state index in [0.717, 1.165) is 18.7 Å². The second-order valence-corrected chi connectivity index (χ2v) is 4.57. The number of nitrogens with zero attached hydrogens (tertiary/aromatic N) is 2.